The number of carbonyl (C=O) groups is 2. The molecule has 0 saturated carbocycles. The summed E-state index contributed by atoms with van der Waals surface area (Å²) in [6.45, 7) is 3.28. The molecule has 1 rings (SSSR count). The van der Waals surface area contributed by atoms with E-state index in [1.54, 1.807) is 27.0 Å². The van der Waals surface area contributed by atoms with Crippen molar-refractivity contribution in [1.29, 1.82) is 0 Å². The van der Waals surface area contributed by atoms with Crippen molar-refractivity contribution in [3.63, 3.8) is 0 Å². The van der Waals surface area contributed by atoms with E-state index >= 15 is 0 Å². The fourth-order valence-corrected chi connectivity index (χ4v) is 1.76. The van der Waals surface area contributed by atoms with Crippen molar-refractivity contribution < 1.29 is 14.7 Å². The molecule has 7 heteroatoms. The van der Waals surface area contributed by atoms with E-state index in [2.05, 4.69) is 5.10 Å². The molecule has 0 saturated heterocycles. The highest BCUT2D eigenvalue weighted by atomic mass is 16.4. The van der Waals surface area contributed by atoms with Crippen molar-refractivity contribution in [3.05, 3.63) is 12.3 Å². The lowest BCUT2D eigenvalue weighted by Gasteiger charge is -2.35. The van der Waals surface area contributed by atoms with Crippen LogP contribution in [-0.4, -0.2) is 32.4 Å². The number of primary amides is 1. The quantitative estimate of drug-likeness (QED) is 0.802. The van der Waals surface area contributed by atoms with Crippen LogP contribution in [-0.2, 0) is 11.8 Å². The molecular formula is C10H16N4O3. The van der Waals surface area contributed by atoms with E-state index in [9.17, 15) is 9.59 Å². The van der Waals surface area contributed by atoms with Crippen molar-refractivity contribution in [2.24, 2.45) is 12.8 Å². The molecule has 7 nitrogen and oxygen atoms in total. The second-order valence-electron chi connectivity index (χ2n) is 4.37. The number of hydrogen-bond acceptors (Lipinski definition) is 3. The maximum atomic E-state index is 11.5. The van der Waals surface area contributed by atoms with Crippen molar-refractivity contribution in [2.75, 3.05) is 4.90 Å². The first kappa shape index (κ1) is 13.0. The van der Waals surface area contributed by atoms with Gasteiger partial charge in [0.25, 0.3) is 0 Å². The molecule has 1 heterocycles. The lowest BCUT2D eigenvalue weighted by atomic mass is 9.98. The first-order valence-electron chi connectivity index (χ1n) is 5.05. The van der Waals surface area contributed by atoms with Crippen LogP contribution in [0.4, 0.5) is 10.6 Å². The zero-order valence-electron chi connectivity index (χ0n) is 10.0. The number of carboxylic acids is 1. The highest BCUT2D eigenvalue weighted by Gasteiger charge is 2.34. The van der Waals surface area contributed by atoms with Crippen LogP contribution in [0.5, 0.6) is 0 Å². The van der Waals surface area contributed by atoms with Gasteiger partial charge >= 0.3 is 12.0 Å². The minimum Gasteiger partial charge on any atom is -0.481 e. The number of carboxylic acid groups (broad SMARTS) is 1. The number of rotatable bonds is 4. The third kappa shape index (κ3) is 2.74. The van der Waals surface area contributed by atoms with Crippen LogP contribution in [0.25, 0.3) is 0 Å². The fraction of sp³-hybridized carbons (Fsp3) is 0.500. The van der Waals surface area contributed by atoms with E-state index in [1.165, 1.54) is 15.8 Å². The molecule has 0 spiro atoms. The summed E-state index contributed by atoms with van der Waals surface area (Å²) in [5.41, 5.74) is 4.39. The second kappa shape index (κ2) is 4.44. The van der Waals surface area contributed by atoms with Crippen molar-refractivity contribution in [3.8, 4) is 0 Å². The third-order valence-electron chi connectivity index (χ3n) is 2.43. The van der Waals surface area contributed by atoms with Gasteiger partial charge < -0.3 is 10.8 Å². The molecule has 0 aromatic carbocycles. The topological polar surface area (TPSA) is 101 Å². The summed E-state index contributed by atoms with van der Waals surface area (Å²) in [7, 11) is 1.65. The molecule has 0 unspecified atom stereocenters. The maximum Gasteiger partial charge on any atom is 0.320 e. The molecular weight excluding hydrogens is 224 g/mol. The lowest BCUT2D eigenvalue weighted by molar-refractivity contribution is -0.138. The molecule has 0 atom stereocenters. The zero-order valence-corrected chi connectivity index (χ0v) is 10.0. The molecule has 1 aromatic heterocycles. The Morgan fingerprint density at radius 1 is 1.59 bits per heavy atom. The minimum absolute atomic E-state index is 0.207. The molecule has 94 valence electrons. The monoisotopic (exact) mass is 240 g/mol. The van der Waals surface area contributed by atoms with Crippen LogP contribution in [0.15, 0.2) is 12.3 Å². The normalized spacial score (nSPS) is 11.2. The van der Waals surface area contributed by atoms with Gasteiger partial charge in [0, 0.05) is 13.1 Å². The Bertz CT molecular complexity index is 439. The minimum atomic E-state index is -0.997. The SMILES string of the molecule is Cn1nccc1N(C(N)=O)C(C)(C)CC(=O)O. The summed E-state index contributed by atoms with van der Waals surface area (Å²) in [5, 5.41) is 12.8. The Morgan fingerprint density at radius 3 is 2.53 bits per heavy atom. The Kier molecular flexibility index (Phi) is 3.40. The van der Waals surface area contributed by atoms with Crippen molar-refractivity contribution in [1.82, 2.24) is 9.78 Å². The Morgan fingerprint density at radius 2 is 2.18 bits per heavy atom. The average Bonchev–Trinajstić information content (AvgIpc) is 2.48. The number of aromatic nitrogens is 2. The summed E-state index contributed by atoms with van der Waals surface area (Å²) in [5.74, 6) is -0.535. The summed E-state index contributed by atoms with van der Waals surface area (Å²) in [6, 6.07) is 0.897. The lowest BCUT2D eigenvalue weighted by Crippen LogP contribution is -2.52. The predicted octanol–water partition coefficient (Wildman–Crippen LogP) is 0.558. The average molecular weight is 240 g/mol. The Hall–Kier alpha value is -2.05. The van der Waals surface area contributed by atoms with E-state index in [0.717, 1.165) is 0 Å². The van der Waals surface area contributed by atoms with E-state index in [1.807, 2.05) is 0 Å². The molecule has 0 radical (unpaired) electrons. The summed E-state index contributed by atoms with van der Waals surface area (Å²) in [4.78, 5) is 23.5. The van der Waals surface area contributed by atoms with Crippen molar-refractivity contribution >= 4 is 17.8 Å². The van der Waals surface area contributed by atoms with Gasteiger partial charge in [0.05, 0.1) is 18.2 Å². The van der Waals surface area contributed by atoms with Gasteiger partial charge in [0.2, 0.25) is 0 Å². The van der Waals surface area contributed by atoms with Gasteiger partial charge in [-0.2, -0.15) is 5.10 Å². The standard InChI is InChI=1S/C10H16N4O3/c1-10(2,6-8(15)16)14(9(11)17)7-4-5-12-13(7)3/h4-5H,6H2,1-3H3,(H2,11,17)(H,15,16). The van der Waals surface area contributed by atoms with Crippen molar-refractivity contribution in [2.45, 2.75) is 25.8 Å². The highest BCUT2D eigenvalue weighted by Crippen LogP contribution is 2.25. The molecule has 2 amide bonds. The summed E-state index contributed by atoms with van der Waals surface area (Å²) in [6.07, 6.45) is 1.31. The molecule has 1 aromatic rings. The Balaban J connectivity index is 3.14. The zero-order chi connectivity index (χ0) is 13.2. The number of aryl methyl sites for hydroxylation is 1. The van der Waals surface area contributed by atoms with Crippen LogP contribution in [0.1, 0.15) is 20.3 Å². The van der Waals surface area contributed by atoms with Crippen LogP contribution in [0, 0.1) is 0 Å². The number of anilines is 1. The first-order valence-corrected chi connectivity index (χ1v) is 5.05. The number of hydrogen-bond donors (Lipinski definition) is 2. The van der Waals surface area contributed by atoms with Gasteiger partial charge in [0.15, 0.2) is 0 Å². The summed E-state index contributed by atoms with van der Waals surface area (Å²) < 4.78 is 1.47. The number of urea groups is 1. The smallest absolute Gasteiger partial charge is 0.320 e. The van der Waals surface area contributed by atoms with Crippen LogP contribution in [0.3, 0.4) is 0 Å². The fourth-order valence-electron chi connectivity index (χ4n) is 1.76. The second-order valence-corrected chi connectivity index (χ2v) is 4.37. The number of aliphatic carboxylic acids is 1. The summed E-state index contributed by atoms with van der Waals surface area (Å²) >= 11 is 0. The van der Waals surface area contributed by atoms with Crippen LogP contribution in [0.2, 0.25) is 0 Å². The third-order valence-corrected chi connectivity index (χ3v) is 2.43. The van der Waals surface area contributed by atoms with Gasteiger partial charge in [0.1, 0.15) is 5.82 Å². The molecule has 17 heavy (non-hydrogen) atoms. The maximum absolute atomic E-state index is 11.5. The van der Waals surface area contributed by atoms with E-state index in [4.69, 9.17) is 10.8 Å². The van der Waals surface area contributed by atoms with Gasteiger partial charge in [-0.25, -0.2) is 4.79 Å². The van der Waals surface area contributed by atoms with E-state index < -0.39 is 17.5 Å². The number of carbonyl (C=O) groups excluding carboxylic acids is 1. The molecule has 0 aliphatic rings. The van der Waals surface area contributed by atoms with Crippen LogP contribution >= 0.6 is 0 Å². The predicted molar refractivity (Wildman–Crippen MR) is 61.6 cm³/mol. The molecule has 0 fully saturated rings. The van der Waals surface area contributed by atoms with Gasteiger partial charge in [-0.05, 0) is 13.8 Å². The molecule has 0 aliphatic heterocycles. The van der Waals surface area contributed by atoms with Crippen LogP contribution < -0.4 is 10.6 Å². The molecule has 3 N–H and O–H groups in total. The first-order chi connectivity index (χ1) is 7.75. The van der Waals surface area contributed by atoms with Gasteiger partial charge in [-0.1, -0.05) is 0 Å². The van der Waals surface area contributed by atoms with Gasteiger partial charge in [-0.15, -0.1) is 0 Å². The number of amides is 2. The van der Waals surface area contributed by atoms with E-state index in [-0.39, 0.29) is 6.42 Å². The van der Waals surface area contributed by atoms with Gasteiger partial charge in [-0.3, -0.25) is 14.4 Å². The van der Waals surface area contributed by atoms with E-state index in [0.29, 0.717) is 5.82 Å². The molecule has 0 aliphatic carbocycles. The highest BCUT2D eigenvalue weighted by molar-refractivity contribution is 5.92. The number of nitrogens with two attached hydrogens (primary N) is 1. The Labute approximate surface area is 98.8 Å². The largest absolute Gasteiger partial charge is 0.481 e. The number of nitrogens with zero attached hydrogens (tertiary/aromatic N) is 3. The molecule has 0 bridgehead atoms.